The first-order valence-corrected chi connectivity index (χ1v) is 11.9. The molecule has 3 aromatic rings. The van der Waals surface area contributed by atoms with Crippen LogP contribution in [0.15, 0.2) is 65.4 Å². The van der Waals surface area contributed by atoms with Crippen molar-refractivity contribution in [2.75, 3.05) is 19.7 Å². The second-order valence-electron chi connectivity index (χ2n) is 8.17. The summed E-state index contributed by atoms with van der Waals surface area (Å²) in [7, 11) is 0. The largest absolute Gasteiger partial charge is 1.00 e. The van der Waals surface area contributed by atoms with Crippen molar-refractivity contribution in [2.45, 2.75) is 38.1 Å². The molecule has 0 bridgehead atoms. The molecule has 1 atom stereocenters. The van der Waals surface area contributed by atoms with Gasteiger partial charge in [0.15, 0.2) is 0 Å². The average molecular weight is 460 g/mol. The molecule has 6 heteroatoms. The van der Waals surface area contributed by atoms with Gasteiger partial charge in [-0.25, -0.2) is 0 Å². The number of thiophene rings is 1. The standard InChI is InChI=1S/C26H29NO3S.Na.H/c28-26(29)4-2-15-27-14-1-3-24(27)18-30-25-11-7-21(8-12-25)17-20-5-9-22(10-6-20)23-13-16-31-19-23;;/h5-13,16,19,24H,1-4,14-15,17-18H2,(H,28,29);;/q;+1;-1. The van der Waals surface area contributed by atoms with Gasteiger partial charge in [-0.3, -0.25) is 9.69 Å². The average Bonchev–Trinajstić information content (AvgIpc) is 3.46. The molecule has 1 aromatic heterocycles. The van der Waals surface area contributed by atoms with Crippen LogP contribution in [0.3, 0.4) is 0 Å². The minimum Gasteiger partial charge on any atom is -1.00 e. The zero-order chi connectivity index (χ0) is 21.5. The van der Waals surface area contributed by atoms with E-state index in [1.165, 1.54) is 22.3 Å². The first-order chi connectivity index (χ1) is 15.2. The molecule has 1 saturated heterocycles. The number of likely N-dealkylation sites (tertiary alicyclic amines) is 1. The Bertz CT molecular complexity index is 964. The summed E-state index contributed by atoms with van der Waals surface area (Å²) in [6, 6.07) is 19.7. The Morgan fingerprint density at radius 1 is 1.06 bits per heavy atom. The molecule has 2 aromatic carbocycles. The number of carboxylic acid groups (broad SMARTS) is 1. The summed E-state index contributed by atoms with van der Waals surface area (Å²) in [5.41, 5.74) is 5.11. The third-order valence-electron chi connectivity index (χ3n) is 5.92. The molecular weight excluding hydrogens is 429 g/mol. The number of hydrogen-bond donors (Lipinski definition) is 1. The summed E-state index contributed by atoms with van der Waals surface area (Å²) in [5, 5.41) is 13.1. The van der Waals surface area contributed by atoms with Gasteiger partial charge in [0.1, 0.15) is 12.4 Å². The van der Waals surface area contributed by atoms with Gasteiger partial charge >= 0.3 is 35.5 Å². The van der Waals surface area contributed by atoms with E-state index in [1.807, 2.05) is 0 Å². The van der Waals surface area contributed by atoms with Crippen molar-refractivity contribution in [2.24, 2.45) is 0 Å². The van der Waals surface area contributed by atoms with Crippen LogP contribution in [-0.2, 0) is 11.2 Å². The molecular formula is C26H30NNaO3S. The minimum absolute atomic E-state index is 0. The van der Waals surface area contributed by atoms with E-state index in [4.69, 9.17) is 9.84 Å². The summed E-state index contributed by atoms with van der Waals surface area (Å²) in [6.07, 6.45) is 4.12. The van der Waals surface area contributed by atoms with Crippen LogP contribution in [0, 0.1) is 0 Å². The number of carboxylic acids is 1. The van der Waals surface area contributed by atoms with Crippen molar-refractivity contribution in [1.29, 1.82) is 0 Å². The second-order valence-corrected chi connectivity index (χ2v) is 8.95. The van der Waals surface area contributed by atoms with Crippen molar-refractivity contribution in [1.82, 2.24) is 4.90 Å². The molecule has 4 nitrogen and oxygen atoms in total. The predicted octanol–water partition coefficient (Wildman–Crippen LogP) is 2.83. The Kier molecular flexibility index (Phi) is 9.82. The van der Waals surface area contributed by atoms with Crippen LogP contribution >= 0.6 is 11.3 Å². The summed E-state index contributed by atoms with van der Waals surface area (Å²) in [4.78, 5) is 13.1. The quantitative estimate of drug-likeness (QED) is 0.474. The molecule has 4 rings (SSSR count). The molecule has 0 amide bonds. The second kappa shape index (κ2) is 12.6. The molecule has 0 radical (unpaired) electrons. The molecule has 1 fully saturated rings. The molecule has 32 heavy (non-hydrogen) atoms. The van der Waals surface area contributed by atoms with E-state index >= 15 is 0 Å². The Labute approximate surface area is 218 Å². The number of carbonyl (C=O) groups is 1. The van der Waals surface area contributed by atoms with Crippen LogP contribution < -0.4 is 34.3 Å². The van der Waals surface area contributed by atoms with Crippen LogP contribution in [0.25, 0.3) is 11.1 Å². The van der Waals surface area contributed by atoms with Crippen molar-refractivity contribution in [3.05, 3.63) is 76.5 Å². The van der Waals surface area contributed by atoms with E-state index in [9.17, 15) is 4.79 Å². The first-order valence-electron chi connectivity index (χ1n) is 11.0. The summed E-state index contributed by atoms with van der Waals surface area (Å²) < 4.78 is 6.05. The monoisotopic (exact) mass is 459 g/mol. The van der Waals surface area contributed by atoms with E-state index in [1.54, 1.807) is 11.3 Å². The Morgan fingerprint density at radius 3 is 2.44 bits per heavy atom. The van der Waals surface area contributed by atoms with Crippen LogP contribution in [0.2, 0.25) is 0 Å². The van der Waals surface area contributed by atoms with Gasteiger partial charge in [0, 0.05) is 12.5 Å². The van der Waals surface area contributed by atoms with E-state index < -0.39 is 5.97 Å². The number of nitrogens with zero attached hydrogens (tertiary/aromatic N) is 1. The summed E-state index contributed by atoms with van der Waals surface area (Å²) in [5.74, 6) is 0.180. The maximum Gasteiger partial charge on any atom is 1.00 e. The summed E-state index contributed by atoms with van der Waals surface area (Å²) in [6.45, 7) is 2.54. The number of benzene rings is 2. The Balaban J connectivity index is 0.00000193. The number of aliphatic carboxylic acids is 1. The van der Waals surface area contributed by atoms with Crippen molar-refractivity contribution < 1.29 is 45.6 Å². The van der Waals surface area contributed by atoms with Crippen LogP contribution in [-0.4, -0.2) is 41.7 Å². The van der Waals surface area contributed by atoms with Gasteiger partial charge in [0.25, 0.3) is 0 Å². The summed E-state index contributed by atoms with van der Waals surface area (Å²) >= 11 is 1.72. The van der Waals surface area contributed by atoms with Crippen molar-refractivity contribution >= 4 is 17.3 Å². The predicted molar refractivity (Wildman–Crippen MR) is 127 cm³/mol. The smallest absolute Gasteiger partial charge is 1.00 e. The van der Waals surface area contributed by atoms with Gasteiger partial charge < -0.3 is 11.3 Å². The van der Waals surface area contributed by atoms with E-state index in [2.05, 4.69) is 70.3 Å². The fourth-order valence-electron chi connectivity index (χ4n) is 4.19. The number of hydrogen-bond acceptors (Lipinski definition) is 4. The van der Waals surface area contributed by atoms with Gasteiger partial charge in [0.2, 0.25) is 0 Å². The third-order valence-corrected chi connectivity index (χ3v) is 6.60. The molecule has 0 saturated carbocycles. The van der Waals surface area contributed by atoms with Gasteiger partial charge in [-0.1, -0.05) is 36.4 Å². The minimum atomic E-state index is -0.717. The van der Waals surface area contributed by atoms with Crippen LogP contribution in [0.5, 0.6) is 5.75 Å². The van der Waals surface area contributed by atoms with E-state index in [0.29, 0.717) is 19.1 Å². The zero-order valence-corrected chi connectivity index (χ0v) is 21.5. The fraction of sp³-hybridized carbons (Fsp3) is 0.346. The number of ether oxygens (including phenoxy) is 1. The van der Waals surface area contributed by atoms with Gasteiger partial charge in [0.05, 0.1) is 0 Å². The molecule has 0 spiro atoms. The molecule has 1 aliphatic rings. The maximum absolute atomic E-state index is 10.7. The first kappa shape index (κ1) is 25.0. The normalized spacial score (nSPS) is 15.9. The van der Waals surface area contributed by atoms with Crippen molar-refractivity contribution in [3.63, 3.8) is 0 Å². The molecule has 1 aliphatic heterocycles. The Hall–Kier alpha value is -1.63. The van der Waals surface area contributed by atoms with Crippen molar-refractivity contribution in [3.8, 4) is 16.9 Å². The number of rotatable bonds is 10. The van der Waals surface area contributed by atoms with Gasteiger partial charge in [-0.2, -0.15) is 11.3 Å². The molecule has 1 unspecified atom stereocenters. The SMILES string of the molecule is O=C(O)CCCN1CCCC1COc1ccc(Cc2ccc(-c3ccsc3)cc2)cc1.[H-].[Na+]. The zero-order valence-electron chi connectivity index (χ0n) is 19.7. The van der Waals surface area contributed by atoms with Gasteiger partial charge in [-0.05, 0) is 90.0 Å². The molecule has 1 N–H and O–H groups in total. The van der Waals surface area contributed by atoms with E-state index in [-0.39, 0.29) is 37.4 Å². The third kappa shape index (κ3) is 7.19. The molecule has 2 heterocycles. The van der Waals surface area contributed by atoms with Gasteiger partial charge in [-0.15, -0.1) is 0 Å². The molecule has 0 aliphatic carbocycles. The van der Waals surface area contributed by atoms with Crippen LogP contribution in [0.1, 0.15) is 38.2 Å². The van der Waals surface area contributed by atoms with Crippen LogP contribution in [0.4, 0.5) is 0 Å². The topological polar surface area (TPSA) is 49.8 Å². The molecule has 164 valence electrons. The fourth-order valence-corrected chi connectivity index (χ4v) is 4.85. The maximum atomic E-state index is 10.7. The Morgan fingerprint density at radius 2 is 1.78 bits per heavy atom. The van der Waals surface area contributed by atoms with E-state index in [0.717, 1.165) is 38.1 Å².